The van der Waals surface area contributed by atoms with Crippen molar-refractivity contribution in [2.45, 2.75) is 83.8 Å². The van der Waals surface area contributed by atoms with Gasteiger partial charge in [0.2, 0.25) is 5.91 Å². The average molecular weight is 547 g/mol. The van der Waals surface area contributed by atoms with Gasteiger partial charge in [-0.25, -0.2) is 4.79 Å². The highest BCUT2D eigenvalue weighted by molar-refractivity contribution is 5.81. The maximum Gasteiger partial charge on any atom is 0.407 e. The van der Waals surface area contributed by atoms with E-state index in [4.69, 9.17) is 23.7 Å². The molecule has 0 spiro atoms. The topological polar surface area (TPSA) is 156 Å². The number of nitrogens with one attached hydrogen (secondary N) is 2. The number of allylic oxidation sites excluding steroid dienone is 1. The maximum atomic E-state index is 13.4. The first-order chi connectivity index (χ1) is 18.5. The van der Waals surface area contributed by atoms with E-state index in [9.17, 15) is 24.0 Å². The average Bonchev–Trinajstić information content (AvgIpc) is 2.87. The van der Waals surface area contributed by atoms with Crippen molar-refractivity contribution >= 4 is 29.9 Å². The fraction of sp³-hybridized carbons (Fsp3) is 0.519. The molecule has 1 heterocycles. The fourth-order valence-electron chi connectivity index (χ4n) is 4.56. The first-order valence-corrected chi connectivity index (χ1v) is 12.6. The lowest BCUT2D eigenvalue weighted by atomic mass is 9.88. The lowest BCUT2D eigenvalue weighted by Crippen LogP contribution is -2.65. The third-order valence-corrected chi connectivity index (χ3v) is 6.25. The SMILES string of the molecule is CC(=O)O[C@@H]1[C@H](OC(C)=O)[C@H](C)O[C@@H](NC(=O)[C@@H]2CC=CC[C@@H]2NC(=O)OCc2ccccc2)[C@H]1OC(C)=O. The molecular formula is C27H34N2O10. The molecule has 2 aliphatic rings. The predicted molar refractivity (Wildman–Crippen MR) is 135 cm³/mol. The minimum atomic E-state index is -1.31. The molecule has 2 N–H and O–H groups in total. The fourth-order valence-corrected chi connectivity index (χ4v) is 4.56. The zero-order chi connectivity index (χ0) is 28.5. The second-order valence-corrected chi connectivity index (χ2v) is 9.35. The largest absolute Gasteiger partial charge is 0.456 e. The van der Waals surface area contributed by atoms with E-state index in [-0.39, 0.29) is 6.61 Å². The van der Waals surface area contributed by atoms with Crippen LogP contribution in [-0.2, 0) is 49.5 Å². The molecular weight excluding hydrogens is 512 g/mol. The van der Waals surface area contributed by atoms with Crippen LogP contribution in [0.1, 0.15) is 46.1 Å². The Kier molecular flexibility index (Phi) is 10.4. The van der Waals surface area contributed by atoms with E-state index >= 15 is 0 Å². The molecule has 1 aliphatic heterocycles. The van der Waals surface area contributed by atoms with Crippen LogP contribution in [0.15, 0.2) is 42.5 Å². The quantitative estimate of drug-likeness (QED) is 0.281. The van der Waals surface area contributed by atoms with E-state index in [1.165, 1.54) is 6.92 Å². The first-order valence-electron chi connectivity index (χ1n) is 12.6. The van der Waals surface area contributed by atoms with Crippen LogP contribution in [-0.4, -0.2) is 66.6 Å². The van der Waals surface area contributed by atoms with Crippen molar-refractivity contribution in [2.24, 2.45) is 5.92 Å². The van der Waals surface area contributed by atoms with Gasteiger partial charge in [0.05, 0.1) is 12.0 Å². The van der Waals surface area contributed by atoms with E-state index in [1.54, 1.807) is 6.92 Å². The Morgan fingerprint density at radius 1 is 0.821 bits per heavy atom. The van der Waals surface area contributed by atoms with Gasteiger partial charge in [-0.05, 0) is 25.3 Å². The smallest absolute Gasteiger partial charge is 0.407 e. The van der Waals surface area contributed by atoms with Gasteiger partial charge in [-0.1, -0.05) is 42.5 Å². The highest BCUT2D eigenvalue weighted by Gasteiger charge is 2.51. The lowest BCUT2D eigenvalue weighted by molar-refractivity contribution is -0.248. The third kappa shape index (κ3) is 8.54. The van der Waals surface area contributed by atoms with Crippen LogP contribution in [0.25, 0.3) is 0 Å². The number of carbonyl (C=O) groups is 5. The number of carbonyl (C=O) groups excluding carboxylic acids is 5. The molecule has 0 bridgehead atoms. The van der Waals surface area contributed by atoms with Crippen molar-refractivity contribution in [3.8, 4) is 0 Å². The van der Waals surface area contributed by atoms with E-state index in [0.29, 0.717) is 12.8 Å². The Morgan fingerprint density at radius 2 is 1.41 bits per heavy atom. The van der Waals surface area contributed by atoms with Gasteiger partial charge >= 0.3 is 24.0 Å². The van der Waals surface area contributed by atoms with Gasteiger partial charge in [-0.2, -0.15) is 0 Å². The van der Waals surface area contributed by atoms with Crippen LogP contribution in [0, 0.1) is 5.92 Å². The number of esters is 3. The normalized spacial score (nSPS) is 27.9. The van der Waals surface area contributed by atoms with E-state index in [0.717, 1.165) is 19.4 Å². The highest BCUT2D eigenvalue weighted by atomic mass is 16.7. The van der Waals surface area contributed by atoms with Gasteiger partial charge < -0.3 is 34.3 Å². The molecule has 1 aliphatic carbocycles. The van der Waals surface area contributed by atoms with Crippen LogP contribution in [0.2, 0.25) is 0 Å². The first kappa shape index (κ1) is 29.6. The van der Waals surface area contributed by atoms with E-state index < -0.39 is 72.5 Å². The minimum Gasteiger partial charge on any atom is -0.456 e. The van der Waals surface area contributed by atoms with Gasteiger partial charge in [-0.3, -0.25) is 19.2 Å². The molecule has 39 heavy (non-hydrogen) atoms. The van der Waals surface area contributed by atoms with Gasteiger partial charge in [0, 0.05) is 26.8 Å². The van der Waals surface area contributed by atoms with Gasteiger partial charge in [0.1, 0.15) is 6.61 Å². The number of ether oxygens (including phenoxy) is 5. The van der Waals surface area contributed by atoms with Crippen molar-refractivity contribution in [1.82, 2.24) is 10.6 Å². The molecule has 7 atom stereocenters. The molecule has 0 unspecified atom stereocenters. The Morgan fingerprint density at radius 3 is 2.05 bits per heavy atom. The number of hydrogen-bond acceptors (Lipinski definition) is 10. The summed E-state index contributed by atoms with van der Waals surface area (Å²) in [6.07, 6.45) is -1.98. The zero-order valence-corrected chi connectivity index (χ0v) is 22.3. The second kappa shape index (κ2) is 13.7. The molecule has 3 rings (SSSR count). The highest BCUT2D eigenvalue weighted by Crippen LogP contribution is 2.29. The lowest BCUT2D eigenvalue weighted by Gasteiger charge is -2.44. The number of hydrogen-bond donors (Lipinski definition) is 2. The Bertz CT molecular complexity index is 1080. The van der Waals surface area contributed by atoms with Crippen LogP contribution in [0.4, 0.5) is 4.79 Å². The molecule has 12 heteroatoms. The number of rotatable bonds is 8. The van der Waals surface area contributed by atoms with E-state index in [1.807, 2.05) is 42.5 Å². The van der Waals surface area contributed by atoms with E-state index in [2.05, 4.69) is 10.6 Å². The molecule has 0 saturated carbocycles. The molecule has 0 aromatic heterocycles. The van der Waals surface area contributed by atoms with Gasteiger partial charge in [0.15, 0.2) is 24.5 Å². The monoisotopic (exact) mass is 546 g/mol. The summed E-state index contributed by atoms with van der Waals surface area (Å²) in [5, 5.41) is 5.46. The summed E-state index contributed by atoms with van der Waals surface area (Å²) >= 11 is 0. The Balaban J connectivity index is 1.72. The van der Waals surface area contributed by atoms with Crippen molar-refractivity contribution < 1.29 is 47.7 Å². The molecule has 1 aromatic carbocycles. The standard InChI is InChI=1S/C27H34N2O10/c1-15-22(37-16(2)30)23(38-17(3)31)24(39-18(4)32)26(36-15)29-25(33)20-12-8-9-13-21(20)28-27(34)35-14-19-10-6-5-7-11-19/h5-11,15,20-24,26H,12-14H2,1-4H3,(H,28,34)(H,29,33)/t15-,20+,21-,22+,23+,24-,26+/m0/s1. The summed E-state index contributed by atoms with van der Waals surface area (Å²) < 4.78 is 27.2. The molecule has 12 nitrogen and oxygen atoms in total. The summed E-state index contributed by atoms with van der Waals surface area (Å²) in [5.41, 5.74) is 0.819. The number of amides is 2. The van der Waals surface area contributed by atoms with Crippen molar-refractivity contribution in [3.05, 3.63) is 48.0 Å². The summed E-state index contributed by atoms with van der Waals surface area (Å²) in [6.45, 7) is 5.13. The van der Waals surface area contributed by atoms with Crippen molar-refractivity contribution in [3.63, 3.8) is 0 Å². The molecule has 212 valence electrons. The van der Waals surface area contributed by atoms with Crippen LogP contribution < -0.4 is 10.6 Å². The van der Waals surface area contributed by atoms with Crippen molar-refractivity contribution in [1.29, 1.82) is 0 Å². The molecule has 0 radical (unpaired) electrons. The Labute approximate surface area is 226 Å². The zero-order valence-electron chi connectivity index (χ0n) is 22.3. The molecule has 1 fully saturated rings. The van der Waals surface area contributed by atoms with Crippen LogP contribution in [0.5, 0.6) is 0 Å². The van der Waals surface area contributed by atoms with Crippen molar-refractivity contribution in [2.75, 3.05) is 0 Å². The minimum absolute atomic E-state index is 0.0744. The maximum absolute atomic E-state index is 13.4. The molecule has 1 aromatic rings. The van der Waals surface area contributed by atoms with Gasteiger partial charge in [-0.15, -0.1) is 0 Å². The summed E-state index contributed by atoms with van der Waals surface area (Å²) in [7, 11) is 0. The summed E-state index contributed by atoms with van der Waals surface area (Å²) in [5.74, 6) is -3.27. The summed E-state index contributed by atoms with van der Waals surface area (Å²) in [4.78, 5) is 61.3. The van der Waals surface area contributed by atoms with Crippen LogP contribution in [0.3, 0.4) is 0 Å². The Hall–Kier alpha value is -3.93. The molecule has 1 saturated heterocycles. The second-order valence-electron chi connectivity index (χ2n) is 9.35. The summed E-state index contributed by atoms with van der Waals surface area (Å²) in [6, 6.07) is 8.60. The predicted octanol–water partition coefficient (Wildman–Crippen LogP) is 1.90. The van der Waals surface area contributed by atoms with Gasteiger partial charge in [0.25, 0.3) is 0 Å². The molecule has 2 amide bonds. The number of alkyl carbamates (subject to hydrolysis) is 1. The van der Waals surface area contributed by atoms with Crippen LogP contribution >= 0.6 is 0 Å². The number of benzene rings is 1. The third-order valence-electron chi connectivity index (χ3n) is 6.25.